The van der Waals surface area contributed by atoms with Crippen molar-refractivity contribution < 1.29 is 14.3 Å². The Bertz CT molecular complexity index is 312. The van der Waals surface area contributed by atoms with Gasteiger partial charge in [-0.3, -0.25) is 0 Å². The SMILES string of the molecule is COc1cc(CCC=O)c(OC)cn1. The summed E-state index contributed by atoms with van der Waals surface area (Å²) in [6, 6.07) is 1.78. The molecule has 0 saturated carbocycles. The molecule has 0 atom stereocenters. The van der Waals surface area contributed by atoms with Gasteiger partial charge in [-0.25, -0.2) is 4.98 Å². The van der Waals surface area contributed by atoms with Gasteiger partial charge >= 0.3 is 0 Å². The molecule has 0 bridgehead atoms. The van der Waals surface area contributed by atoms with Gasteiger partial charge in [0.2, 0.25) is 5.88 Å². The van der Waals surface area contributed by atoms with E-state index in [0.29, 0.717) is 24.5 Å². The van der Waals surface area contributed by atoms with E-state index in [1.54, 1.807) is 26.5 Å². The first-order valence-electron chi connectivity index (χ1n) is 4.32. The number of hydrogen-bond donors (Lipinski definition) is 0. The Morgan fingerprint density at radius 1 is 1.43 bits per heavy atom. The number of hydrogen-bond acceptors (Lipinski definition) is 4. The molecule has 1 aromatic heterocycles. The van der Waals surface area contributed by atoms with E-state index in [4.69, 9.17) is 9.47 Å². The molecule has 0 spiro atoms. The van der Waals surface area contributed by atoms with E-state index >= 15 is 0 Å². The summed E-state index contributed by atoms with van der Waals surface area (Å²) in [5.74, 6) is 1.22. The lowest BCUT2D eigenvalue weighted by atomic mass is 10.1. The summed E-state index contributed by atoms with van der Waals surface area (Å²) in [5, 5.41) is 0. The van der Waals surface area contributed by atoms with Crippen LogP contribution in [0.5, 0.6) is 11.6 Å². The first-order valence-corrected chi connectivity index (χ1v) is 4.32. The average molecular weight is 195 g/mol. The van der Waals surface area contributed by atoms with E-state index in [1.165, 1.54) is 0 Å². The lowest BCUT2D eigenvalue weighted by molar-refractivity contribution is -0.107. The molecule has 0 aliphatic carbocycles. The number of ether oxygens (including phenoxy) is 2. The standard InChI is InChI=1S/C10H13NO3/c1-13-9-7-11-10(14-2)6-8(9)4-3-5-12/h5-7H,3-4H2,1-2H3. The quantitative estimate of drug-likeness (QED) is 0.663. The third-order valence-corrected chi connectivity index (χ3v) is 1.88. The van der Waals surface area contributed by atoms with Crippen LogP contribution in [-0.2, 0) is 11.2 Å². The Hall–Kier alpha value is -1.58. The third-order valence-electron chi connectivity index (χ3n) is 1.88. The highest BCUT2D eigenvalue weighted by Crippen LogP contribution is 2.22. The number of carbonyl (C=O) groups is 1. The zero-order valence-corrected chi connectivity index (χ0v) is 8.32. The predicted octanol–water partition coefficient (Wildman–Crippen LogP) is 1.23. The maximum atomic E-state index is 10.2. The van der Waals surface area contributed by atoms with Crippen LogP contribution in [0.3, 0.4) is 0 Å². The fraction of sp³-hybridized carbons (Fsp3) is 0.400. The lowest BCUT2D eigenvalue weighted by Crippen LogP contribution is -1.96. The maximum absolute atomic E-state index is 10.2. The van der Waals surface area contributed by atoms with Gasteiger partial charge in [0.25, 0.3) is 0 Å². The van der Waals surface area contributed by atoms with Crippen molar-refractivity contribution in [3.8, 4) is 11.6 Å². The molecule has 0 unspecified atom stereocenters. The summed E-state index contributed by atoms with van der Waals surface area (Å²) < 4.78 is 10.1. The van der Waals surface area contributed by atoms with Crippen LogP contribution in [0.25, 0.3) is 0 Å². The highest BCUT2D eigenvalue weighted by Gasteiger charge is 2.05. The lowest BCUT2D eigenvalue weighted by Gasteiger charge is -2.07. The molecular weight excluding hydrogens is 182 g/mol. The van der Waals surface area contributed by atoms with E-state index in [-0.39, 0.29) is 0 Å². The second-order valence-electron chi connectivity index (χ2n) is 2.74. The van der Waals surface area contributed by atoms with Crippen molar-refractivity contribution in [1.82, 2.24) is 4.98 Å². The number of methoxy groups -OCH3 is 2. The molecule has 0 radical (unpaired) electrons. The van der Waals surface area contributed by atoms with Crippen molar-refractivity contribution in [1.29, 1.82) is 0 Å². The molecule has 0 aliphatic heterocycles. The first kappa shape index (κ1) is 10.5. The summed E-state index contributed by atoms with van der Waals surface area (Å²) in [6.07, 6.45) is 3.60. The zero-order valence-electron chi connectivity index (χ0n) is 8.32. The topological polar surface area (TPSA) is 48.4 Å². The molecule has 0 aromatic carbocycles. The van der Waals surface area contributed by atoms with E-state index < -0.39 is 0 Å². The molecule has 0 saturated heterocycles. The van der Waals surface area contributed by atoms with E-state index in [0.717, 1.165) is 11.8 Å². The average Bonchev–Trinajstić information content (AvgIpc) is 2.25. The van der Waals surface area contributed by atoms with E-state index in [2.05, 4.69) is 4.98 Å². The van der Waals surface area contributed by atoms with Crippen molar-refractivity contribution in [3.05, 3.63) is 17.8 Å². The number of aryl methyl sites for hydroxylation is 1. The molecule has 4 heteroatoms. The number of nitrogens with zero attached hydrogens (tertiary/aromatic N) is 1. The smallest absolute Gasteiger partial charge is 0.213 e. The Kier molecular flexibility index (Phi) is 3.91. The second-order valence-corrected chi connectivity index (χ2v) is 2.74. The van der Waals surface area contributed by atoms with Crippen LogP contribution in [0.1, 0.15) is 12.0 Å². The largest absolute Gasteiger partial charge is 0.495 e. The van der Waals surface area contributed by atoms with Crippen LogP contribution in [0.15, 0.2) is 12.3 Å². The fourth-order valence-electron chi connectivity index (χ4n) is 1.17. The predicted molar refractivity (Wildman–Crippen MR) is 51.7 cm³/mol. The van der Waals surface area contributed by atoms with Gasteiger partial charge in [-0.2, -0.15) is 0 Å². The van der Waals surface area contributed by atoms with Crippen LogP contribution in [0, 0.1) is 0 Å². The van der Waals surface area contributed by atoms with Crippen LogP contribution >= 0.6 is 0 Å². The van der Waals surface area contributed by atoms with E-state index in [1.807, 2.05) is 0 Å². The summed E-state index contributed by atoms with van der Waals surface area (Å²) in [4.78, 5) is 14.2. The molecule has 0 N–H and O–H groups in total. The highest BCUT2D eigenvalue weighted by atomic mass is 16.5. The molecular formula is C10H13NO3. The molecule has 1 aromatic rings. The van der Waals surface area contributed by atoms with Crippen molar-refractivity contribution in [2.75, 3.05) is 14.2 Å². The van der Waals surface area contributed by atoms with Crippen molar-refractivity contribution >= 4 is 6.29 Å². The molecule has 0 aliphatic rings. The third kappa shape index (κ3) is 2.45. The number of pyridine rings is 1. The van der Waals surface area contributed by atoms with Crippen LogP contribution in [0.4, 0.5) is 0 Å². The fourth-order valence-corrected chi connectivity index (χ4v) is 1.17. The molecule has 0 fully saturated rings. The van der Waals surface area contributed by atoms with Gasteiger partial charge < -0.3 is 14.3 Å². The number of aromatic nitrogens is 1. The van der Waals surface area contributed by atoms with Gasteiger partial charge in [0.1, 0.15) is 12.0 Å². The highest BCUT2D eigenvalue weighted by molar-refractivity contribution is 5.51. The zero-order chi connectivity index (χ0) is 10.4. The molecule has 1 heterocycles. The van der Waals surface area contributed by atoms with Gasteiger partial charge in [-0.1, -0.05) is 0 Å². The van der Waals surface area contributed by atoms with Gasteiger partial charge in [0.05, 0.1) is 20.4 Å². The monoisotopic (exact) mass is 195 g/mol. The van der Waals surface area contributed by atoms with Gasteiger partial charge in [-0.05, 0) is 6.42 Å². The Balaban J connectivity index is 2.89. The van der Waals surface area contributed by atoms with Crippen molar-refractivity contribution in [2.45, 2.75) is 12.8 Å². The Morgan fingerprint density at radius 3 is 2.79 bits per heavy atom. The van der Waals surface area contributed by atoms with Crippen LogP contribution in [-0.4, -0.2) is 25.5 Å². The van der Waals surface area contributed by atoms with Crippen LogP contribution in [0.2, 0.25) is 0 Å². The molecule has 0 amide bonds. The molecule has 14 heavy (non-hydrogen) atoms. The van der Waals surface area contributed by atoms with Gasteiger partial charge in [0.15, 0.2) is 0 Å². The summed E-state index contributed by atoms with van der Waals surface area (Å²) in [6.45, 7) is 0. The minimum Gasteiger partial charge on any atom is -0.495 e. The second kappa shape index (κ2) is 5.21. The number of aldehydes is 1. The van der Waals surface area contributed by atoms with Gasteiger partial charge in [-0.15, -0.1) is 0 Å². The maximum Gasteiger partial charge on any atom is 0.213 e. The molecule has 4 nitrogen and oxygen atoms in total. The summed E-state index contributed by atoms with van der Waals surface area (Å²) in [7, 11) is 3.13. The van der Waals surface area contributed by atoms with Crippen molar-refractivity contribution in [3.63, 3.8) is 0 Å². The first-order chi connectivity index (χ1) is 6.81. The Morgan fingerprint density at radius 2 is 2.21 bits per heavy atom. The van der Waals surface area contributed by atoms with E-state index in [9.17, 15) is 4.79 Å². The summed E-state index contributed by atoms with van der Waals surface area (Å²) in [5.41, 5.74) is 0.937. The van der Waals surface area contributed by atoms with Gasteiger partial charge in [0, 0.05) is 18.1 Å². The van der Waals surface area contributed by atoms with Crippen molar-refractivity contribution in [2.24, 2.45) is 0 Å². The minimum absolute atomic E-state index is 0.476. The minimum atomic E-state index is 0.476. The molecule has 1 rings (SSSR count). The molecule has 76 valence electrons. The normalized spacial score (nSPS) is 9.57. The summed E-state index contributed by atoms with van der Waals surface area (Å²) >= 11 is 0. The number of rotatable bonds is 5. The Labute approximate surface area is 82.9 Å². The number of carbonyl (C=O) groups excluding carboxylic acids is 1. The van der Waals surface area contributed by atoms with Crippen LogP contribution < -0.4 is 9.47 Å².